The highest BCUT2D eigenvalue weighted by Gasteiger charge is 2.28. The fourth-order valence-corrected chi connectivity index (χ4v) is 2.80. The monoisotopic (exact) mass is 302 g/mol. The van der Waals surface area contributed by atoms with Crippen molar-refractivity contribution in [2.75, 3.05) is 6.54 Å². The van der Waals surface area contributed by atoms with Crippen molar-refractivity contribution < 1.29 is 4.79 Å². The maximum absolute atomic E-state index is 12.2. The van der Waals surface area contributed by atoms with Gasteiger partial charge in [-0.05, 0) is 30.9 Å². The Bertz CT molecular complexity index is 742. The molecular weight excluding hydrogens is 280 g/mol. The summed E-state index contributed by atoms with van der Waals surface area (Å²) in [6.07, 6.45) is 2.62. The van der Waals surface area contributed by atoms with Crippen LogP contribution in [0.2, 0.25) is 0 Å². The van der Waals surface area contributed by atoms with Gasteiger partial charge in [0, 0.05) is 32.6 Å². The number of para-hydroxylation sites is 2. The minimum Gasteiger partial charge on any atom is -0.354 e. The summed E-state index contributed by atoms with van der Waals surface area (Å²) in [5, 5.41) is 2.86. The first-order chi connectivity index (χ1) is 10.6. The van der Waals surface area contributed by atoms with Crippen LogP contribution < -0.4 is 16.7 Å². The van der Waals surface area contributed by atoms with Gasteiger partial charge >= 0.3 is 5.69 Å². The molecule has 1 aromatic heterocycles. The summed E-state index contributed by atoms with van der Waals surface area (Å²) in [5.74, 6) is 0.511. The Hall–Kier alpha value is -2.08. The van der Waals surface area contributed by atoms with Gasteiger partial charge in [-0.2, -0.15) is 0 Å². The van der Waals surface area contributed by atoms with E-state index in [0.29, 0.717) is 19.0 Å². The summed E-state index contributed by atoms with van der Waals surface area (Å²) in [6, 6.07) is 7.66. The summed E-state index contributed by atoms with van der Waals surface area (Å²) in [6.45, 7) is 0.901. The van der Waals surface area contributed by atoms with Crippen LogP contribution in [0.4, 0.5) is 0 Å². The lowest BCUT2D eigenvalue weighted by molar-refractivity contribution is -0.121. The predicted octanol–water partition coefficient (Wildman–Crippen LogP) is 0.584. The second-order valence-electron chi connectivity index (χ2n) is 6.04. The maximum atomic E-state index is 12.2. The van der Waals surface area contributed by atoms with Crippen LogP contribution in [-0.4, -0.2) is 27.6 Å². The normalized spacial score (nSPS) is 15.9. The number of nitrogens with zero attached hydrogens (tertiary/aromatic N) is 2. The average Bonchev–Trinajstić information content (AvgIpc) is 3.34. The van der Waals surface area contributed by atoms with Gasteiger partial charge in [-0.25, -0.2) is 4.79 Å². The molecule has 3 rings (SSSR count). The minimum atomic E-state index is -0.0938. The first-order valence-electron chi connectivity index (χ1n) is 7.74. The van der Waals surface area contributed by atoms with Crippen LogP contribution in [-0.2, 0) is 18.4 Å². The van der Waals surface area contributed by atoms with E-state index >= 15 is 0 Å². The molecule has 1 fully saturated rings. The van der Waals surface area contributed by atoms with Gasteiger partial charge in [0.15, 0.2) is 0 Å². The minimum absolute atomic E-state index is 0.0593. The number of benzene rings is 1. The Balaban J connectivity index is 1.62. The molecule has 1 saturated carbocycles. The van der Waals surface area contributed by atoms with Gasteiger partial charge in [0.2, 0.25) is 5.91 Å². The molecule has 1 aliphatic rings. The van der Waals surface area contributed by atoms with Crippen LogP contribution in [0.5, 0.6) is 0 Å². The van der Waals surface area contributed by atoms with Crippen LogP contribution in [0.15, 0.2) is 29.1 Å². The lowest BCUT2D eigenvalue weighted by atomic mass is 10.2. The number of carbonyl (C=O) groups is 1. The maximum Gasteiger partial charge on any atom is 0.328 e. The van der Waals surface area contributed by atoms with E-state index in [9.17, 15) is 9.59 Å². The van der Waals surface area contributed by atoms with Crippen molar-refractivity contribution in [1.29, 1.82) is 0 Å². The lowest BCUT2D eigenvalue weighted by Crippen LogP contribution is -2.39. The molecule has 6 heteroatoms. The molecule has 118 valence electrons. The quantitative estimate of drug-likeness (QED) is 0.819. The number of carbonyl (C=O) groups excluding carboxylic acids is 1. The zero-order chi connectivity index (χ0) is 15.7. The third-order valence-corrected chi connectivity index (χ3v) is 4.38. The van der Waals surface area contributed by atoms with Gasteiger partial charge in [-0.15, -0.1) is 0 Å². The number of hydrogen-bond donors (Lipinski definition) is 2. The number of imidazole rings is 1. The number of amides is 1. The molecule has 22 heavy (non-hydrogen) atoms. The van der Waals surface area contributed by atoms with E-state index in [0.717, 1.165) is 11.0 Å². The van der Waals surface area contributed by atoms with Crippen LogP contribution in [0, 0.1) is 5.92 Å². The third-order valence-electron chi connectivity index (χ3n) is 4.38. The molecule has 6 nitrogen and oxygen atoms in total. The van der Waals surface area contributed by atoms with Crippen LogP contribution in [0.1, 0.15) is 19.3 Å². The van der Waals surface area contributed by atoms with Gasteiger partial charge in [-0.3, -0.25) is 13.9 Å². The summed E-state index contributed by atoms with van der Waals surface area (Å²) >= 11 is 0. The number of hydrogen-bond acceptors (Lipinski definition) is 3. The van der Waals surface area contributed by atoms with Gasteiger partial charge in [0.05, 0.1) is 11.0 Å². The van der Waals surface area contributed by atoms with Crippen molar-refractivity contribution in [3.8, 4) is 0 Å². The summed E-state index contributed by atoms with van der Waals surface area (Å²) < 4.78 is 3.26. The van der Waals surface area contributed by atoms with Crippen molar-refractivity contribution in [2.45, 2.75) is 31.8 Å². The predicted molar refractivity (Wildman–Crippen MR) is 85.5 cm³/mol. The summed E-state index contributed by atoms with van der Waals surface area (Å²) in [4.78, 5) is 24.2. The number of aromatic nitrogens is 2. The first kappa shape index (κ1) is 14.8. The molecule has 1 amide bonds. The van der Waals surface area contributed by atoms with E-state index in [-0.39, 0.29) is 24.1 Å². The topological polar surface area (TPSA) is 82.0 Å². The summed E-state index contributed by atoms with van der Waals surface area (Å²) in [7, 11) is 1.75. The number of aryl methyl sites for hydroxylation is 2. The average molecular weight is 302 g/mol. The van der Waals surface area contributed by atoms with E-state index < -0.39 is 0 Å². The van der Waals surface area contributed by atoms with Crippen LogP contribution in [0.3, 0.4) is 0 Å². The van der Waals surface area contributed by atoms with E-state index in [1.54, 1.807) is 16.2 Å². The standard InChI is InChI=1S/C16H22N4O2/c1-19-13-4-2-3-5-14(13)20(16(19)22)9-8-15(21)18-10-12(17)11-6-7-11/h2-5,11-12H,6-10,17H2,1H3,(H,18,21). The number of nitrogens with two attached hydrogens (primary N) is 1. The second kappa shape index (κ2) is 5.96. The Morgan fingerprint density at radius 1 is 1.36 bits per heavy atom. The lowest BCUT2D eigenvalue weighted by Gasteiger charge is -2.11. The van der Waals surface area contributed by atoms with Crippen molar-refractivity contribution >= 4 is 16.9 Å². The number of rotatable bonds is 6. The molecule has 1 atom stereocenters. The largest absolute Gasteiger partial charge is 0.354 e. The fraction of sp³-hybridized carbons (Fsp3) is 0.500. The zero-order valence-corrected chi connectivity index (χ0v) is 12.8. The molecule has 1 unspecified atom stereocenters. The molecule has 1 heterocycles. The SMILES string of the molecule is Cn1c(=O)n(CCC(=O)NCC(N)C2CC2)c2ccccc21. The molecular formula is C16H22N4O2. The smallest absolute Gasteiger partial charge is 0.328 e. The van der Waals surface area contributed by atoms with Crippen LogP contribution >= 0.6 is 0 Å². The van der Waals surface area contributed by atoms with Crippen molar-refractivity contribution in [3.05, 3.63) is 34.7 Å². The molecule has 2 aromatic rings. The molecule has 3 N–H and O–H groups in total. The molecule has 0 saturated heterocycles. The van der Waals surface area contributed by atoms with Gasteiger partial charge in [-0.1, -0.05) is 12.1 Å². The van der Waals surface area contributed by atoms with Gasteiger partial charge < -0.3 is 11.1 Å². The Morgan fingerprint density at radius 3 is 2.73 bits per heavy atom. The molecule has 0 spiro atoms. The van der Waals surface area contributed by atoms with Crippen molar-refractivity contribution in [3.63, 3.8) is 0 Å². The van der Waals surface area contributed by atoms with E-state index in [4.69, 9.17) is 5.73 Å². The van der Waals surface area contributed by atoms with Crippen LogP contribution in [0.25, 0.3) is 11.0 Å². The zero-order valence-electron chi connectivity index (χ0n) is 12.8. The van der Waals surface area contributed by atoms with E-state index in [1.165, 1.54) is 12.8 Å². The highest BCUT2D eigenvalue weighted by atomic mass is 16.2. The van der Waals surface area contributed by atoms with Crippen molar-refractivity contribution in [2.24, 2.45) is 18.7 Å². The molecule has 1 aliphatic carbocycles. The Morgan fingerprint density at radius 2 is 2.05 bits per heavy atom. The Kier molecular flexibility index (Phi) is 4.02. The van der Waals surface area contributed by atoms with Crippen molar-refractivity contribution in [1.82, 2.24) is 14.5 Å². The molecule has 1 aromatic carbocycles. The number of nitrogens with one attached hydrogen (secondary N) is 1. The Labute approximate surface area is 128 Å². The van der Waals surface area contributed by atoms with Gasteiger partial charge in [0.1, 0.15) is 0 Å². The molecule has 0 bridgehead atoms. The second-order valence-corrected chi connectivity index (χ2v) is 6.04. The first-order valence-corrected chi connectivity index (χ1v) is 7.74. The third kappa shape index (κ3) is 2.92. The van der Waals surface area contributed by atoms with E-state index in [2.05, 4.69) is 5.32 Å². The van der Waals surface area contributed by atoms with Gasteiger partial charge in [0.25, 0.3) is 0 Å². The highest BCUT2D eigenvalue weighted by molar-refractivity contribution is 5.77. The molecule has 0 aliphatic heterocycles. The summed E-state index contributed by atoms with van der Waals surface area (Å²) in [5.41, 5.74) is 7.61. The van der Waals surface area contributed by atoms with E-state index in [1.807, 2.05) is 24.3 Å². The fourth-order valence-electron chi connectivity index (χ4n) is 2.80. The highest BCUT2D eigenvalue weighted by Crippen LogP contribution is 2.31. The number of fused-ring (bicyclic) bond motifs is 1. The molecule has 0 radical (unpaired) electrons.